The van der Waals surface area contributed by atoms with Crippen LogP contribution >= 0.6 is 0 Å². The summed E-state index contributed by atoms with van der Waals surface area (Å²) < 4.78 is 0. The van der Waals surface area contributed by atoms with Gasteiger partial charge in [0.2, 0.25) is 11.8 Å². The van der Waals surface area contributed by atoms with E-state index in [-0.39, 0.29) is 30.1 Å². The highest BCUT2D eigenvalue weighted by Crippen LogP contribution is 2.35. The fourth-order valence-corrected chi connectivity index (χ4v) is 3.33. The van der Waals surface area contributed by atoms with Crippen molar-refractivity contribution in [2.45, 2.75) is 38.0 Å². The van der Waals surface area contributed by atoms with Crippen LogP contribution in [0.5, 0.6) is 0 Å². The van der Waals surface area contributed by atoms with E-state index < -0.39 is 0 Å². The smallest absolute Gasteiger partial charge is 0.243 e. The zero-order valence-corrected chi connectivity index (χ0v) is 14.8. The normalized spacial score (nSPS) is 11.9. The molecule has 5 heteroatoms. The van der Waals surface area contributed by atoms with Gasteiger partial charge >= 0.3 is 0 Å². The molecule has 138 valence electrons. The molecule has 26 heavy (non-hydrogen) atoms. The summed E-state index contributed by atoms with van der Waals surface area (Å²) in [4.78, 5) is 23.3. The Hall–Kier alpha value is -2.66. The van der Waals surface area contributed by atoms with Crippen molar-refractivity contribution in [2.75, 3.05) is 0 Å². The molecule has 2 aromatic carbocycles. The van der Waals surface area contributed by atoms with Crippen molar-refractivity contribution in [1.29, 1.82) is 0 Å². The summed E-state index contributed by atoms with van der Waals surface area (Å²) >= 11 is 0. The lowest BCUT2D eigenvalue weighted by Gasteiger charge is -2.26. The molecule has 1 unspecified atom stereocenters. The van der Waals surface area contributed by atoms with Gasteiger partial charge in [0.25, 0.3) is 0 Å². The van der Waals surface area contributed by atoms with E-state index in [9.17, 15) is 9.59 Å². The zero-order chi connectivity index (χ0) is 18.8. The molecule has 4 N–H and O–H groups in total. The number of carbonyl (C=O) groups excluding carboxylic acids is 2. The van der Waals surface area contributed by atoms with Crippen molar-refractivity contribution < 1.29 is 14.8 Å². The van der Waals surface area contributed by atoms with Crippen molar-refractivity contribution in [3.63, 3.8) is 0 Å². The average molecular weight is 354 g/mol. The minimum atomic E-state index is -0.386. The molecule has 0 aliphatic heterocycles. The third-order valence-electron chi connectivity index (χ3n) is 4.63. The Morgan fingerprint density at radius 1 is 0.885 bits per heavy atom. The van der Waals surface area contributed by atoms with E-state index in [4.69, 9.17) is 10.9 Å². The maximum Gasteiger partial charge on any atom is 0.243 e. The first-order valence-electron chi connectivity index (χ1n) is 8.95. The molecule has 5 nitrogen and oxygen atoms in total. The number of carbonyl (C=O) groups is 2. The van der Waals surface area contributed by atoms with E-state index >= 15 is 0 Å². The Morgan fingerprint density at radius 2 is 1.42 bits per heavy atom. The van der Waals surface area contributed by atoms with Gasteiger partial charge in [0.15, 0.2) is 0 Å². The van der Waals surface area contributed by atoms with Crippen LogP contribution in [0.3, 0.4) is 0 Å². The number of rotatable bonds is 10. The number of hydrogen-bond acceptors (Lipinski definition) is 3. The van der Waals surface area contributed by atoms with Crippen LogP contribution < -0.4 is 11.2 Å². The SMILES string of the molecule is NC(=O)C(CCCCCC(=O)NO)C(c1ccccc1)c1ccccc1. The van der Waals surface area contributed by atoms with Gasteiger partial charge in [0, 0.05) is 18.3 Å². The number of benzene rings is 2. The van der Waals surface area contributed by atoms with Crippen LogP contribution in [0, 0.1) is 5.92 Å². The Balaban J connectivity index is 2.12. The summed E-state index contributed by atoms with van der Waals surface area (Å²) in [7, 11) is 0. The summed E-state index contributed by atoms with van der Waals surface area (Å²) in [5.74, 6) is -1.10. The minimum absolute atomic E-state index is 0.0874. The van der Waals surface area contributed by atoms with Crippen molar-refractivity contribution in [3.05, 3.63) is 71.8 Å². The molecular weight excluding hydrogens is 328 g/mol. The van der Waals surface area contributed by atoms with E-state index in [1.54, 1.807) is 5.48 Å². The van der Waals surface area contributed by atoms with Gasteiger partial charge in [-0.3, -0.25) is 14.8 Å². The standard InChI is InChI=1S/C21H26N2O3/c22-21(25)18(14-8-3-9-15-19(24)23-26)20(16-10-4-1-5-11-16)17-12-6-2-7-13-17/h1-2,4-7,10-13,18,20,26H,3,8-9,14-15H2,(H2,22,25)(H,23,24). The number of nitrogens with one attached hydrogen (secondary N) is 1. The number of unbranched alkanes of at least 4 members (excludes halogenated alkanes) is 2. The second-order valence-electron chi connectivity index (χ2n) is 6.44. The van der Waals surface area contributed by atoms with Gasteiger partial charge in [-0.2, -0.15) is 0 Å². The first-order valence-corrected chi connectivity index (χ1v) is 8.95. The van der Waals surface area contributed by atoms with E-state index in [1.807, 2.05) is 60.7 Å². The number of hydrogen-bond donors (Lipinski definition) is 3. The molecule has 2 rings (SSSR count). The first kappa shape index (κ1) is 19.7. The summed E-state index contributed by atoms with van der Waals surface area (Å²) in [6.45, 7) is 0. The maximum atomic E-state index is 12.2. The third kappa shape index (κ3) is 5.70. The van der Waals surface area contributed by atoms with Gasteiger partial charge in [-0.1, -0.05) is 73.5 Å². The quantitative estimate of drug-likeness (QED) is 0.347. The molecule has 0 fully saturated rings. The summed E-state index contributed by atoms with van der Waals surface area (Å²) in [5, 5.41) is 8.52. The lowest BCUT2D eigenvalue weighted by atomic mass is 9.78. The van der Waals surface area contributed by atoms with Crippen LogP contribution in [-0.2, 0) is 9.59 Å². The molecule has 0 aliphatic carbocycles. The van der Waals surface area contributed by atoms with Crippen LogP contribution in [0.1, 0.15) is 49.1 Å². The Morgan fingerprint density at radius 3 is 1.88 bits per heavy atom. The second-order valence-corrected chi connectivity index (χ2v) is 6.44. The molecule has 2 aromatic rings. The van der Waals surface area contributed by atoms with Gasteiger partial charge in [0.1, 0.15) is 0 Å². The van der Waals surface area contributed by atoms with Crippen LogP contribution in [-0.4, -0.2) is 17.0 Å². The van der Waals surface area contributed by atoms with E-state index in [0.29, 0.717) is 12.8 Å². The largest absolute Gasteiger partial charge is 0.369 e. The Labute approximate surface area is 154 Å². The summed E-state index contributed by atoms with van der Waals surface area (Å²) in [5.41, 5.74) is 9.53. The first-order chi connectivity index (χ1) is 12.6. The molecule has 0 aromatic heterocycles. The maximum absolute atomic E-state index is 12.2. The van der Waals surface area contributed by atoms with Gasteiger partial charge in [-0.25, -0.2) is 5.48 Å². The second kappa shape index (κ2) is 10.4. The molecule has 2 amide bonds. The van der Waals surface area contributed by atoms with E-state index in [0.717, 1.165) is 24.0 Å². The lowest BCUT2D eigenvalue weighted by molar-refractivity contribution is -0.129. The van der Waals surface area contributed by atoms with Crippen LogP contribution in [0.4, 0.5) is 0 Å². The topological polar surface area (TPSA) is 92.4 Å². The molecule has 0 aliphatic rings. The minimum Gasteiger partial charge on any atom is -0.369 e. The number of nitrogens with two attached hydrogens (primary N) is 1. The van der Waals surface area contributed by atoms with Crippen LogP contribution in [0.25, 0.3) is 0 Å². The fourth-order valence-electron chi connectivity index (χ4n) is 3.33. The molecule has 1 atom stereocenters. The highest BCUT2D eigenvalue weighted by Gasteiger charge is 2.28. The average Bonchev–Trinajstić information content (AvgIpc) is 2.67. The zero-order valence-electron chi connectivity index (χ0n) is 14.8. The summed E-state index contributed by atoms with van der Waals surface area (Å²) in [6, 6.07) is 19.9. The molecule has 0 saturated carbocycles. The number of amides is 2. The molecule has 0 saturated heterocycles. The van der Waals surface area contributed by atoms with E-state index in [2.05, 4.69) is 0 Å². The van der Waals surface area contributed by atoms with Crippen molar-refractivity contribution in [3.8, 4) is 0 Å². The van der Waals surface area contributed by atoms with Crippen molar-refractivity contribution in [1.82, 2.24) is 5.48 Å². The highest BCUT2D eigenvalue weighted by atomic mass is 16.5. The fraction of sp³-hybridized carbons (Fsp3) is 0.333. The van der Waals surface area contributed by atoms with Gasteiger partial charge < -0.3 is 5.73 Å². The van der Waals surface area contributed by atoms with Crippen molar-refractivity contribution >= 4 is 11.8 Å². The molecule has 0 heterocycles. The van der Waals surface area contributed by atoms with Gasteiger partial charge in [-0.15, -0.1) is 0 Å². The van der Waals surface area contributed by atoms with Crippen LogP contribution in [0.2, 0.25) is 0 Å². The summed E-state index contributed by atoms with van der Waals surface area (Å²) in [6.07, 6.45) is 3.19. The molecule has 0 radical (unpaired) electrons. The van der Waals surface area contributed by atoms with E-state index in [1.165, 1.54) is 0 Å². The Bertz CT molecular complexity index is 649. The number of primary amides is 1. The molecule has 0 spiro atoms. The number of hydroxylamine groups is 1. The molecule has 0 bridgehead atoms. The lowest BCUT2D eigenvalue weighted by Crippen LogP contribution is -2.29. The van der Waals surface area contributed by atoms with Gasteiger partial charge in [-0.05, 0) is 24.0 Å². The van der Waals surface area contributed by atoms with Crippen molar-refractivity contribution in [2.24, 2.45) is 11.7 Å². The predicted molar refractivity (Wildman–Crippen MR) is 100 cm³/mol. The van der Waals surface area contributed by atoms with Gasteiger partial charge in [0.05, 0.1) is 0 Å². The highest BCUT2D eigenvalue weighted by molar-refractivity contribution is 5.78. The molecular formula is C21H26N2O3. The van der Waals surface area contributed by atoms with Crippen LogP contribution in [0.15, 0.2) is 60.7 Å². The predicted octanol–water partition coefficient (Wildman–Crippen LogP) is 3.38. The monoisotopic (exact) mass is 354 g/mol. The third-order valence-corrected chi connectivity index (χ3v) is 4.63. The Kier molecular flexibility index (Phi) is 7.83.